The number of carbonyl (C=O) groups is 3. The summed E-state index contributed by atoms with van der Waals surface area (Å²) in [6.07, 6.45) is 1.13. The molecule has 148 valence electrons. The fourth-order valence-electron chi connectivity index (χ4n) is 3.04. The number of carbonyl (C=O) groups excluding carboxylic acids is 3. The molecule has 1 aliphatic heterocycles. The third-order valence-corrected chi connectivity index (χ3v) is 5.07. The van der Waals surface area contributed by atoms with Gasteiger partial charge in [0.2, 0.25) is 0 Å². The molecule has 1 aromatic rings. The molecule has 1 saturated heterocycles. The quantitative estimate of drug-likeness (QED) is 0.505. The topological polar surface area (TPSA) is 78.9 Å². The molecule has 1 unspecified atom stereocenters. The lowest BCUT2D eigenvalue weighted by atomic mass is 9.84. The van der Waals surface area contributed by atoms with Crippen molar-refractivity contribution in [2.45, 2.75) is 50.7 Å². The molecule has 27 heavy (non-hydrogen) atoms. The van der Waals surface area contributed by atoms with Crippen LogP contribution in [0.25, 0.3) is 0 Å². The Balaban J connectivity index is 2.31. The summed E-state index contributed by atoms with van der Waals surface area (Å²) in [5.41, 5.74) is -2.50. The van der Waals surface area contributed by atoms with E-state index in [2.05, 4.69) is 4.74 Å². The maximum absolute atomic E-state index is 12.8. The Labute approximate surface area is 172 Å². The zero-order chi connectivity index (χ0) is 20.4. The van der Waals surface area contributed by atoms with Gasteiger partial charge in [0, 0.05) is 5.02 Å². The highest BCUT2D eigenvalue weighted by Crippen LogP contribution is 2.39. The molecular weight excluding hydrogens is 419 g/mol. The first kappa shape index (κ1) is 22.0. The van der Waals surface area contributed by atoms with Crippen LogP contribution in [0.5, 0.6) is 0 Å². The molecule has 0 N–H and O–H groups in total. The Bertz CT molecular complexity index is 753. The fourth-order valence-corrected chi connectivity index (χ4v) is 4.01. The van der Waals surface area contributed by atoms with Gasteiger partial charge in [-0.2, -0.15) is 0 Å². The van der Waals surface area contributed by atoms with Crippen LogP contribution in [0.4, 0.5) is 0 Å². The van der Waals surface area contributed by atoms with Gasteiger partial charge in [-0.15, -0.1) is 0 Å². The highest BCUT2D eigenvalue weighted by Gasteiger charge is 2.50. The zero-order valence-corrected chi connectivity index (χ0v) is 17.3. The number of esters is 3. The minimum Gasteiger partial charge on any atom is -0.469 e. The summed E-state index contributed by atoms with van der Waals surface area (Å²) in [5.74, 6) is -2.70. The number of halogens is 3. The number of hydrogen-bond donors (Lipinski definition) is 0. The number of hydrogen-bond acceptors (Lipinski definition) is 6. The van der Waals surface area contributed by atoms with Crippen LogP contribution in [0.2, 0.25) is 15.1 Å². The molecule has 0 radical (unpaired) electrons. The molecule has 0 amide bonds. The predicted octanol–water partition coefficient (Wildman–Crippen LogP) is 4.61. The third kappa shape index (κ3) is 5.13. The molecule has 9 heteroatoms. The third-order valence-electron chi connectivity index (χ3n) is 4.26. The van der Waals surface area contributed by atoms with Gasteiger partial charge < -0.3 is 14.2 Å². The van der Waals surface area contributed by atoms with Crippen molar-refractivity contribution in [2.24, 2.45) is 0 Å². The van der Waals surface area contributed by atoms with Gasteiger partial charge in [0.05, 0.1) is 34.7 Å². The molecule has 1 fully saturated rings. The molecule has 0 bridgehead atoms. The van der Waals surface area contributed by atoms with Gasteiger partial charge >= 0.3 is 17.9 Å². The second-order valence-electron chi connectivity index (χ2n) is 6.88. The van der Waals surface area contributed by atoms with Crippen molar-refractivity contribution in [3.05, 3.63) is 32.8 Å². The molecule has 2 rings (SSSR count). The average Bonchev–Trinajstić information content (AvgIpc) is 2.52. The van der Waals surface area contributed by atoms with Crippen molar-refractivity contribution in [2.75, 3.05) is 7.11 Å². The largest absolute Gasteiger partial charge is 0.469 e. The first-order chi connectivity index (χ1) is 12.5. The predicted molar refractivity (Wildman–Crippen MR) is 100 cm³/mol. The lowest BCUT2D eigenvalue weighted by molar-refractivity contribution is -0.207. The van der Waals surface area contributed by atoms with Crippen LogP contribution >= 0.6 is 34.8 Å². The molecule has 1 heterocycles. The molecule has 0 spiro atoms. The smallest absolute Gasteiger partial charge is 0.348 e. The van der Waals surface area contributed by atoms with Crippen LogP contribution in [-0.2, 0) is 23.8 Å². The Morgan fingerprint density at radius 3 is 2.22 bits per heavy atom. The maximum atomic E-state index is 12.8. The molecular formula is C18H19Cl3O6. The minimum atomic E-state index is -1.63. The van der Waals surface area contributed by atoms with E-state index in [0.717, 1.165) is 0 Å². The van der Waals surface area contributed by atoms with E-state index in [9.17, 15) is 14.4 Å². The summed E-state index contributed by atoms with van der Waals surface area (Å²) in [6, 6.07) is 2.61. The summed E-state index contributed by atoms with van der Waals surface area (Å²) in [5, 5.41) is 0.113. The molecule has 0 aromatic heterocycles. The highest BCUT2D eigenvalue weighted by atomic mass is 35.5. The van der Waals surface area contributed by atoms with Crippen molar-refractivity contribution >= 4 is 52.7 Å². The van der Waals surface area contributed by atoms with Crippen LogP contribution in [-0.4, -0.2) is 36.2 Å². The minimum absolute atomic E-state index is 0.0581. The lowest BCUT2D eigenvalue weighted by Crippen LogP contribution is -2.53. The second-order valence-corrected chi connectivity index (χ2v) is 8.13. The van der Waals surface area contributed by atoms with Gasteiger partial charge in [-0.25, -0.2) is 9.59 Å². The summed E-state index contributed by atoms with van der Waals surface area (Å²) in [6.45, 7) is 3.58. The van der Waals surface area contributed by atoms with E-state index in [4.69, 9.17) is 44.3 Å². The van der Waals surface area contributed by atoms with Crippen LogP contribution < -0.4 is 0 Å². The Hall–Kier alpha value is -1.34. The first-order valence-electron chi connectivity index (χ1n) is 8.18. The van der Waals surface area contributed by atoms with Gasteiger partial charge in [0.25, 0.3) is 0 Å². The van der Waals surface area contributed by atoms with E-state index in [-0.39, 0.29) is 33.5 Å². The standard InChI is InChI=1S/C18H19Cl3O6/c1-17(2)5-4-6-18(27-17,9-13(22)25-3)16(24)26-15(23)14-11(20)7-10(19)8-12(14)21/h7-8H,4-6,9H2,1-3H3. The Kier molecular flexibility index (Phi) is 6.79. The number of ether oxygens (including phenoxy) is 3. The van der Waals surface area contributed by atoms with Crippen molar-refractivity contribution in [3.63, 3.8) is 0 Å². The Morgan fingerprint density at radius 2 is 1.70 bits per heavy atom. The average molecular weight is 438 g/mol. The summed E-state index contributed by atoms with van der Waals surface area (Å²) in [7, 11) is 1.20. The monoisotopic (exact) mass is 436 g/mol. The van der Waals surface area contributed by atoms with Crippen LogP contribution in [0.15, 0.2) is 12.1 Å². The van der Waals surface area contributed by atoms with Crippen molar-refractivity contribution < 1.29 is 28.6 Å². The number of methoxy groups -OCH3 is 1. The zero-order valence-electron chi connectivity index (χ0n) is 15.1. The Morgan fingerprint density at radius 1 is 1.11 bits per heavy atom. The van der Waals surface area contributed by atoms with Gasteiger partial charge in [0.1, 0.15) is 0 Å². The van der Waals surface area contributed by atoms with E-state index < -0.39 is 29.1 Å². The van der Waals surface area contributed by atoms with Crippen molar-refractivity contribution in [1.82, 2.24) is 0 Å². The molecule has 1 aliphatic rings. The van der Waals surface area contributed by atoms with Gasteiger partial charge in [0.15, 0.2) is 5.60 Å². The SMILES string of the molecule is COC(=O)CC1(C(=O)OC(=O)c2c(Cl)cc(Cl)cc2Cl)CCCC(C)(C)O1. The van der Waals surface area contributed by atoms with Crippen LogP contribution in [0.1, 0.15) is 49.9 Å². The number of benzene rings is 1. The molecule has 6 nitrogen and oxygen atoms in total. The fraction of sp³-hybridized carbons (Fsp3) is 0.500. The lowest BCUT2D eigenvalue weighted by Gasteiger charge is -2.42. The molecule has 1 aromatic carbocycles. The van der Waals surface area contributed by atoms with Gasteiger partial charge in [-0.1, -0.05) is 34.8 Å². The van der Waals surface area contributed by atoms with Gasteiger partial charge in [-0.3, -0.25) is 4.79 Å². The van der Waals surface area contributed by atoms with E-state index in [1.165, 1.54) is 19.2 Å². The number of rotatable bonds is 4. The van der Waals surface area contributed by atoms with E-state index in [0.29, 0.717) is 12.8 Å². The van der Waals surface area contributed by atoms with Crippen LogP contribution in [0.3, 0.4) is 0 Å². The normalized spacial score (nSPS) is 21.4. The van der Waals surface area contributed by atoms with E-state index in [1.807, 2.05) is 0 Å². The second kappa shape index (κ2) is 8.35. The van der Waals surface area contributed by atoms with Crippen LogP contribution in [0, 0.1) is 0 Å². The highest BCUT2D eigenvalue weighted by molar-refractivity contribution is 6.42. The summed E-state index contributed by atoms with van der Waals surface area (Å²) < 4.78 is 15.6. The summed E-state index contributed by atoms with van der Waals surface area (Å²) in [4.78, 5) is 37.2. The van der Waals surface area contributed by atoms with Gasteiger partial charge in [-0.05, 0) is 45.2 Å². The molecule has 0 saturated carbocycles. The van der Waals surface area contributed by atoms with E-state index in [1.54, 1.807) is 13.8 Å². The maximum Gasteiger partial charge on any atom is 0.348 e. The first-order valence-corrected chi connectivity index (χ1v) is 9.31. The van der Waals surface area contributed by atoms with Crippen molar-refractivity contribution in [3.8, 4) is 0 Å². The van der Waals surface area contributed by atoms with E-state index >= 15 is 0 Å². The van der Waals surface area contributed by atoms with Crippen molar-refractivity contribution in [1.29, 1.82) is 0 Å². The summed E-state index contributed by atoms with van der Waals surface area (Å²) >= 11 is 17.8. The molecule has 0 aliphatic carbocycles. The molecule has 1 atom stereocenters.